The molecular weight excluding hydrogens is 240 g/mol. The Kier molecular flexibility index (Phi) is 2.12. The summed E-state index contributed by atoms with van der Waals surface area (Å²) in [5.41, 5.74) is 0.839. The topological polar surface area (TPSA) is 60.9 Å². The van der Waals surface area contributed by atoms with Crippen molar-refractivity contribution in [3.63, 3.8) is 0 Å². The smallest absolute Gasteiger partial charge is 0.255 e. The Balaban J connectivity index is 2.45. The first-order chi connectivity index (χ1) is 8.18. The molecule has 3 aromatic rings. The van der Waals surface area contributed by atoms with Crippen LogP contribution in [0.2, 0.25) is 5.15 Å². The zero-order valence-electron chi connectivity index (χ0n) is 9.29. The van der Waals surface area contributed by atoms with Crippen molar-refractivity contribution in [3.8, 4) is 5.82 Å². The molecule has 0 amide bonds. The second-order valence-corrected chi connectivity index (χ2v) is 4.03. The number of nitrogens with zero attached hydrogens (tertiary/aromatic N) is 6. The second-order valence-electron chi connectivity index (χ2n) is 3.67. The van der Waals surface area contributed by atoms with Gasteiger partial charge in [-0.05, 0) is 13.8 Å². The summed E-state index contributed by atoms with van der Waals surface area (Å²) in [6.45, 7) is 3.81. The predicted octanol–water partition coefficient (Wildman–Crippen LogP) is 1.58. The third kappa shape index (κ3) is 1.41. The Bertz CT molecular complexity index is 698. The van der Waals surface area contributed by atoms with Crippen LogP contribution in [-0.4, -0.2) is 29.1 Å². The molecule has 0 spiro atoms. The first-order valence-corrected chi connectivity index (χ1v) is 5.42. The Labute approximate surface area is 102 Å². The van der Waals surface area contributed by atoms with Crippen molar-refractivity contribution in [2.45, 2.75) is 13.8 Å². The van der Waals surface area contributed by atoms with Crippen LogP contribution in [-0.2, 0) is 0 Å². The molecule has 0 saturated heterocycles. The van der Waals surface area contributed by atoms with Gasteiger partial charge in [-0.25, -0.2) is 4.98 Å². The maximum atomic E-state index is 6.09. The molecule has 0 unspecified atom stereocenters. The van der Waals surface area contributed by atoms with E-state index in [1.165, 1.54) is 6.33 Å². The SMILES string of the molecule is Cc1c(Cl)nc2ncnn2c1-n1ccnc1C. The maximum Gasteiger partial charge on any atom is 0.255 e. The lowest BCUT2D eigenvalue weighted by Crippen LogP contribution is -2.09. The highest BCUT2D eigenvalue weighted by Gasteiger charge is 2.14. The van der Waals surface area contributed by atoms with Gasteiger partial charge in [0.2, 0.25) is 0 Å². The zero-order valence-corrected chi connectivity index (χ0v) is 10.0. The van der Waals surface area contributed by atoms with E-state index >= 15 is 0 Å². The monoisotopic (exact) mass is 248 g/mol. The van der Waals surface area contributed by atoms with Crippen LogP contribution in [0.4, 0.5) is 0 Å². The van der Waals surface area contributed by atoms with Gasteiger partial charge in [-0.2, -0.15) is 19.6 Å². The molecular formula is C10H9ClN6. The molecule has 0 bridgehead atoms. The van der Waals surface area contributed by atoms with Gasteiger partial charge in [-0.3, -0.25) is 4.57 Å². The second kappa shape index (κ2) is 3.53. The van der Waals surface area contributed by atoms with E-state index in [0.717, 1.165) is 17.2 Å². The largest absolute Gasteiger partial charge is 0.288 e. The fraction of sp³-hybridized carbons (Fsp3) is 0.200. The normalized spacial score (nSPS) is 11.2. The number of halogens is 1. The van der Waals surface area contributed by atoms with Crippen molar-refractivity contribution in [1.29, 1.82) is 0 Å². The van der Waals surface area contributed by atoms with Crippen LogP contribution in [0.5, 0.6) is 0 Å². The minimum absolute atomic E-state index is 0.425. The Morgan fingerprint density at radius 2 is 2.06 bits per heavy atom. The summed E-state index contributed by atoms with van der Waals surface area (Å²) < 4.78 is 3.56. The Morgan fingerprint density at radius 3 is 2.76 bits per heavy atom. The summed E-state index contributed by atoms with van der Waals surface area (Å²) in [5.74, 6) is 2.14. The molecule has 0 aliphatic heterocycles. The van der Waals surface area contributed by atoms with Gasteiger partial charge in [-0.15, -0.1) is 0 Å². The molecule has 3 heterocycles. The Morgan fingerprint density at radius 1 is 1.24 bits per heavy atom. The van der Waals surface area contributed by atoms with Gasteiger partial charge in [0, 0.05) is 18.0 Å². The van der Waals surface area contributed by atoms with Crippen molar-refractivity contribution < 1.29 is 0 Å². The third-order valence-corrected chi connectivity index (χ3v) is 3.00. The van der Waals surface area contributed by atoms with Crippen LogP contribution >= 0.6 is 11.6 Å². The van der Waals surface area contributed by atoms with Gasteiger partial charge < -0.3 is 0 Å². The molecule has 0 radical (unpaired) electrons. The van der Waals surface area contributed by atoms with E-state index < -0.39 is 0 Å². The lowest BCUT2D eigenvalue weighted by atomic mass is 10.3. The van der Waals surface area contributed by atoms with E-state index in [1.54, 1.807) is 10.7 Å². The van der Waals surface area contributed by atoms with E-state index in [-0.39, 0.29) is 0 Å². The molecule has 0 aliphatic rings. The van der Waals surface area contributed by atoms with E-state index in [4.69, 9.17) is 11.6 Å². The van der Waals surface area contributed by atoms with Gasteiger partial charge in [0.15, 0.2) is 0 Å². The van der Waals surface area contributed by atoms with Crippen molar-refractivity contribution >= 4 is 17.4 Å². The van der Waals surface area contributed by atoms with Crippen LogP contribution in [0.25, 0.3) is 11.6 Å². The molecule has 3 rings (SSSR count). The lowest BCUT2D eigenvalue weighted by molar-refractivity contribution is 0.821. The summed E-state index contributed by atoms with van der Waals surface area (Å²) in [5, 5.41) is 4.58. The molecule has 7 heteroatoms. The molecule has 86 valence electrons. The van der Waals surface area contributed by atoms with E-state index in [9.17, 15) is 0 Å². The minimum Gasteiger partial charge on any atom is -0.288 e. The standard InChI is InChI=1S/C10H9ClN6/c1-6-8(11)15-10-13-5-14-17(10)9(6)16-4-3-12-7(16)2/h3-5H,1-2H3. The highest BCUT2D eigenvalue weighted by Crippen LogP contribution is 2.21. The summed E-state index contributed by atoms with van der Waals surface area (Å²) in [7, 11) is 0. The average molecular weight is 249 g/mol. The molecule has 6 nitrogen and oxygen atoms in total. The van der Waals surface area contributed by atoms with Crippen LogP contribution < -0.4 is 0 Å². The highest BCUT2D eigenvalue weighted by atomic mass is 35.5. The number of hydrogen-bond acceptors (Lipinski definition) is 4. The summed E-state index contributed by atoms with van der Waals surface area (Å²) in [4.78, 5) is 12.4. The number of aryl methyl sites for hydroxylation is 1. The van der Waals surface area contributed by atoms with Gasteiger partial charge in [0.05, 0.1) is 0 Å². The molecule has 0 saturated carbocycles. The minimum atomic E-state index is 0.425. The predicted molar refractivity (Wildman–Crippen MR) is 62.4 cm³/mol. The van der Waals surface area contributed by atoms with Crippen LogP contribution in [0.3, 0.4) is 0 Å². The fourth-order valence-electron chi connectivity index (χ4n) is 1.77. The molecule has 0 aliphatic carbocycles. The summed E-state index contributed by atoms with van der Waals surface area (Å²) >= 11 is 6.09. The average Bonchev–Trinajstić information content (AvgIpc) is 2.89. The fourth-order valence-corrected chi connectivity index (χ4v) is 1.93. The van der Waals surface area contributed by atoms with Crippen LogP contribution in [0, 0.1) is 13.8 Å². The number of hydrogen-bond donors (Lipinski definition) is 0. The molecule has 0 N–H and O–H groups in total. The third-order valence-electron chi connectivity index (χ3n) is 2.63. The number of aromatic nitrogens is 6. The van der Waals surface area contributed by atoms with Crippen LogP contribution in [0.1, 0.15) is 11.4 Å². The first-order valence-electron chi connectivity index (χ1n) is 5.04. The summed E-state index contributed by atoms with van der Waals surface area (Å²) in [6.07, 6.45) is 5.04. The van der Waals surface area contributed by atoms with E-state index in [0.29, 0.717) is 10.9 Å². The molecule has 0 fully saturated rings. The molecule has 0 aromatic carbocycles. The van der Waals surface area contributed by atoms with Crippen molar-refractivity contribution in [1.82, 2.24) is 29.1 Å². The lowest BCUT2D eigenvalue weighted by Gasteiger charge is -2.10. The van der Waals surface area contributed by atoms with Crippen molar-refractivity contribution in [2.75, 3.05) is 0 Å². The number of fused-ring (bicyclic) bond motifs is 1. The maximum absolute atomic E-state index is 6.09. The number of rotatable bonds is 1. The Hall–Kier alpha value is -1.95. The van der Waals surface area contributed by atoms with Crippen molar-refractivity contribution in [3.05, 3.63) is 35.3 Å². The van der Waals surface area contributed by atoms with Gasteiger partial charge >= 0.3 is 0 Å². The number of imidazole rings is 1. The van der Waals surface area contributed by atoms with E-state index in [1.807, 2.05) is 24.6 Å². The van der Waals surface area contributed by atoms with Gasteiger partial charge in [0.1, 0.15) is 23.1 Å². The van der Waals surface area contributed by atoms with E-state index in [2.05, 4.69) is 20.1 Å². The van der Waals surface area contributed by atoms with Gasteiger partial charge in [-0.1, -0.05) is 11.6 Å². The first kappa shape index (κ1) is 10.2. The summed E-state index contributed by atoms with van der Waals surface area (Å²) in [6, 6.07) is 0. The van der Waals surface area contributed by atoms with Crippen molar-refractivity contribution in [2.24, 2.45) is 0 Å². The van der Waals surface area contributed by atoms with Gasteiger partial charge in [0.25, 0.3) is 5.78 Å². The zero-order chi connectivity index (χ0) is 12.0. The molecule has 3 aromatic heterocycles. The quantitative estimate of drug-likeness (QED) is 0.614. The highest BCUT2D eigenvalue weighted by molar-refractivity contribution is 6.30. The molecule has 17 heavy (non-hydrogen) atoms. The van der Waals surface area contributed by atoms with Crippen LogP contribution in [0.15, 0.2) is 18.7 Å². The molecule has 0 atom stereocenters.